The minimum absolute atomic E-state index is 0.0326. The van der Waals surface area contributed by atoms with Crippen molar-refractivity contribution in [3.63, 3.8) is 0 Å². The Bertz CT molecular complexity index is 1680. The van der Waals surface area contributed by atoms with E-state index in [9.17, 15) is 45.3 Å². The number of hydrogen-bond donors (Lipinski definition) is 10. The maximum Gasteiger partial charge on any atom is 0.258 e. The van der Waals surface area contributed by atoms with Crippen LogP contribution in [0.25, 0.3) is 0 Å². The first-order valence-electron chi connectivity index (χ1n) is 22.1. The second-order valence-electron chi connectivity index (χ2n) is 18.4. The quantitative estimate of drug-likeness (QED) is 0.0215. The number of carbonyl (C=O) groups is 2. The van der Waals surface area contributed by atoms with Crippen LogP contribution in [0, 0.1) is 40.4 Å². The van der Waals surface area contributed by atoms with Crippen molar-refractivity contribution in [1.29, 1.82) is 5.41 Å². The predicted molar refractivity (Wildman–Crippen MR) is 233 cm³/mol. The van der Waals surface area contributed by atoms with Gasteiger partial charge < -0.3 is 51.7 Å². The topological polar surface area (TPSA) is 241 Å². The molecule has 2 aliphatic heterocycles. The lowest BCUT2D eigenvalue weighted by atomic mass is 9.52. The van der Waals surface area contributed by atoms with Crippen molar-refractivity contribution < 1.29 is 45.3 Å². The van der Waals surface area contributed by atoms with Gasteiger partial charge in [-0.05, 0) is 114 Å². The molecule has 13 atom stereocenters. The van der Waals surface area contributed by atoms with Crippen LogP contribution in [-0.4, -0.2) is 114 Å². The van der Waals surface area contributed by atoms with Gasteiger partial charge in [0.05, 0.1) is 43.2 Å². The number of hydrogen-bond acceptors (Lipinski definition) is 10. The van der Waals surface area contributed by atoms with Crippen molar-refractivity contribution in [2.75, 3.05) is 13.1 Å². The van der Waals surface area contributed by atoms with Crippen LogP contribution < -0.4 is 11.1 Å². The first-order valence-corrected chi connectivity index (χ1v) is 22.1. The Balaban J connectivity index is 1.27. The zero-order chi connectivity index (χ0) is 44.5. The van der Waals surface area contributed by atoms with E-state index in [0.717, 1.165) is 43.4 Å². The van der Waals surface area contributed by atoms with Crippen LogP contribution in [-0.2, 0) is 9.59 Å². The minimum Gasteiger partial charge on any atom is -0.511 e. The van der Waals surface area contributed by atoms with Gasteiger partial charge in [0.15, 0.2) is 11.7 Å². The number of rotatable bonds is 19. The van der Waals surface area contributed by atoms with E-state index in [0.29, 0.717) is 44.1 Å². The fourth-order valence-electron chi connectivity index (χ4n) is 10.1. The van der Waals surface area contributed by atoms with Crippen molar-refractivity contribution in [2.45, 2.75) is 155 Å². The number of nitrogens with two attached hydrogens (primary N) is 1. The van der Waals surface area contributed by atoms with Crippen molar-refractivity contribution in [2.24, 2.45) is 40.7 Å². The van der Waals surface area contributed by atoms with E-state index in [4.69, 9.17) is 11.1 Å². The molecule has 4 rings (SSSR count). The highest BCUT2D eigenvalue weighted by atomic mass is 16.3. The van der Waals surface area contributed by atoms with Crippen molar-refractivity contribution in [1.82, 2.24) is 10.2 Å². The lowest BCUT2D eigenvalue weighted by molar-refractivity contribution is -0.118. The fraction of sp³-hybridized carbons (Fsp3) is 0.681. The summed E-state index contributed by atoms with van der Waals surface area (Å²) in [4.78, 5) is 27.3. The summed E-state index contributed by atoms with van der Waals surface area (Å²) in [5.74, 6) is -2.23. The first kappa shape index (κ1) is 49.1. The number of likely N-dealkylation sites (tertiary alicyclic amines) is 1. The van der Waals surface area contributed by atoms with Gasteiger partial charge in [-0.1, -0.05) is 75.3 Å². The highest BCUT2D eigenvalue weighted by Gasteiger charge is 2.55. The summed E-state index contributed by atoms with van der Waals surface area (Å²) in [6.45, 7) is 11.9. The summed E-state index contributed by atoms with van der Waals surface area (Å²) < 4.78 is 0. The molecule has 1 saturated carbocycles. The van der Waals surface area contributed by atoms with Crippen molar-refractivity contribution in [3.05, 3.63) is 70.6 Å². The number of carbonyl (C=O) groups excluding carboxylic acids is 2. The molecule has 11 N–H and O–H groups in total. The number of ketones is 1. The van der Waals surface area contributed by atoms with Crippen molar-refractivity contribution in [3.8, 4) is 0 Å². The molecule has 4 aliphatic rings. The van der Waals surface area contributed by atoms with Crippen LogP contribution in [0.2, 0.25) is 0 Å². The zero-order valence-electron chi connectivity index (χ0n) is 36.6. The van der Waals surface area contributed by atoms with Crippen LogP contribution >= 0.6 is 0 Å². The van der Waals surface area contributed by atoms with E-state index >= 15 is 0 Å². The minimum atomic E-state index is -0.954. The highest BCUT2D eigenvalue weighted by Crippen LogP contribution is 2.58. The van der Waals surface area contributed by atoms with E-state index in [1.807, 2.05) is 51.7 Å². The molecule has 13 heteroatoms. The van der Waals surface area contributed by atoms with E-state index in [1.165, 1.54) is 0 Å². The van der Waals surface area contributed by atoms with Crippen LogP contribution in [0.3, 0.4) is 0 Å². The summed E-state index contributed by atoms with van der Waals surface area (Å²) in [5, 5.41) is 86.9. The standard InChI is InChI=1S/C47H74N4O9/c1-27(38(54)12-8-13-39(55)28(2)16-21-34(53)25-32-10-9-23-51(32)46(48)49)15-19-33(52)20-17-29(3)43(58)30(4)18-22-36-31(5)24-35-37(11-7-14-40(35)56)47(36,6)44(59)42-41(57)26-50-45(42)60/h8,12,15-17,19,24,27,30,32-40,43,52-56,58-59H,7,9-11,13-14,18,20-23,25-26H2,1-6H3,(H3,48,49)(H,50,60)/b12-8+,19-15+,28-16+,29-17+,44-42+/t27-,30+,32-,33+,34-,35+,36+,37-,38-,39+,40-,43-,47-/m1/s1. The molecule has 60 heavy (non-hydrogen) atoms. The van der Waals surface area contributed by atoms with E-state index in [-0.39, 0.29) is 65.9 Å². The van der Waals surface area contributed by atoms with Gasteiger partial charge in [0.1, 0.15) is 11.3 Å². The van der Waals surface area contributed by atoms with Gasteiger partial charge in [-0.2, -0.15) is 0 Å². The Kier molecular flexibility index (Phi) is 18.0. The molecule has 2 saturated heterocycles. The SMILES string of the molecule is CC1=C[C@@H]2[C@H](O)CCC[C@H]2[C@](C)(/C(O)=C2/C(=O)CNC2=O)[C@H]1CC[C@H](C)[C@H](O)/C(C)=C/C[C@@H](O)/C=C/[C@@H](C)[C@H](O)/C=C/C[C@H](O)/C(C)=C/C[C@@H](O)C[C@H]1CCCN1C(=N)N. The molecule has 336 valence electrons. The van der Waals surface area contributed by atoms with Gasteiger partial charge >= 0.3 is 0 Å². The van der Waals surface area contributed by atoms with Crippen LogP contribution in [0.15, 0.2) is 70.6 Å². The zero-order valence-corrected chi connectivity index (χ0v) is 36.6. The van der Waals surface area contributed by atoms with Crippen LogP contribution in [0.5, 0.6) is 0 Å². The van der Waals surface area contributed by atoms with Gasteiger partial charge in [-0.25, -0.2) is 0 Å². The van der Waals surface area contributed by atoms with E-state index in [1.54, 1.807) is 31.2 Å². The Morgan fingerprint density at radius 2 is 1.70 bits per heavy atom. The summed E-state index contributed by atoms with van der Waals surface area (Å²) in [6, 6.07) is 0.0545. The maximum absolute atomic E-state index is 12.8. The summed E-state index contributed by atoms with van der Waals surface area (Å²) in [5.41, 5.74) is 6.95. The molecule has 2 heterocycles. The molecule has 0 radical (unpaired) electrons. The molecule has 0 aromatic heterocycles. The molecular formula is C47H74N4O9. The summed E-state index contributed by atoms with van der Waals surface area (Å²) in [7, 11) is 0. The number of aliphatic hydroxyl groups excluding tert-OH is 7. The first-order chi connectivity index (χ1) is 28.3. The van der Waals surface area contributed by atoms with Crippen molar-refractivity contribution >= 4 is 17.6 Å². The van der Waals surface area contributed by atoms with E-state index < -0.39 is 53.7 Å². The number of nitrogens with zero attached hydrogens (tertiary/aromatic N) is 1. The molecule has 1 amide bonds. The molecule has 2 aliphatic carbocycles. The second kappa shape index (κ2) is 22.0. The average molecular weight is 839 g/mol. The number of nitrogens with one attached hydrogen (secondary N) is 2. The monoisotopic (exact) mass is 839 g/mol. The number of amides is 1. The molecule has 0 aromatic rings. The van der Waals surface area contributed by atoms with Crippen LogP contribution in [0.1, 0.15) is 112 Å². The normalized spacial score (nSPS) is 31.1. The molecule has 0 spiro atoms. The number of allylic oxidation sites excluding steroid dienone is 2. The number of aliphatic hydroxyl groups is 7. The summed E-state index contributed by atoms with van der Waals surface area (Å²) in [6.07, 6.45) is 14.7. The third kappa shape index (κ3) is 12.1. The van der Waals surface area contributed by atoms with Crippen LogP contribution in [0.4, 0.5) is 0 Å². The molecule has 0 bridgehead atoms. The van der Waals surface area contributed by atoms with Gasteiger partial charge in [0.2, 0.25) is 0 Å². The van der Waals surface area contributed by atoms with Gasteiger partial charge in [-0.15, -0.1) is 0 Å². The Morgan fingerprint density at radius 1 is 1.00 bits per heavy atom. The molecule has 0 aromatic carbocycles. The third-order valence-electron chi connectivity index (χ3n) is 14.0. The van der Waals surface area contributed by atoms with Gasteiger partial charge in [0.25, 0.3) is 5.91 Å². The molecule has 13 nitrogen and oxygen atoms in total. The molecule has 3 fully saturated rings. The molecule has 0 unspecified atom stereocenters. The Hall–Kier alpha value is -3.59. The van der Waals surface area contributed by atoms with Gasteiger partial charge in [-0.3, -0.25) is 15.0 Å². The highest BCUT2D eigenvalue weighted by molar-refractivity contribution is 6.25. The summed E-state index contributed by atoms with van der Waals surface area (Å²) >= 11 is 0. The third-order valence-corrected chi connectivity index (χ3v) is 14.0. The smallest absolute Gasteiger partial charge is 0.258 e. The predicted octanol–water partition coefficient (Wildman–Crippen LogP) is 4.64. The second-order valence-corrected chi connectivity index (χ2v) is 18.4. The fourth-order valence-corrected chi connectivity index (χ4v) is 10.1. The molecular weight excluding hydrogens is 765 g/mol. The Labute approximate surface area is 357 Å². The Morgan fingerprint density at radius 3 is 2.37 bits per heavy atom. The maximum atomic E-state index is 12.8. The number of guanidine groups is 1. The number of fused-ring (bicyclic) bond motifs is 1. The lowest BCUT2D eigenvalue weighted by Crippen LogP contribution is -2.50. The van der Waals surface area contributed by atoms with Gasteiger partial charge in [0, 0.05) is 29.8 Å². The van der Waals surface area contributed by atoms with E-state index in [2.05, 4.69) is 11.4 Å². The number of Topliss-reactive ketones (excluding diaryl/α,β-unsaturated/α-hetero) is 1. The lowest BCUT2D eigenvalue weighted by Gasteiger charge is -2.53. The average Bonchev–Trinajstić information content (AvgIpc) is 3.82. The largest absolute Gasteiger partial charge is 0.511 e.